The maximum Gasteiger partial charge on any atom is 0.695 e. The third-order valence-corrected chi connectivity index (χ3v) is 9.00. The first-order chi connectivity index (χ1) is 21.8. The average molecular weight is 649 g/mol. The first-order valence-corrected chi connectivity index (χ1v) is 16.3. The molecule has 16 nitrogen and oxygen atoms in total. The number of aromatic nitrogens is 4. The Bertz CT molecular complexity index is 1400. The number of unbranched alkanes of at least 4 members (excludes halogenated alkanes) is 3. The number of hydrogen-bond acceptors (Lipinski definition) is 12. The lowest BCUT2D eigenvalue weighted by molar-refractivity contribution is -0.138. The van der Waals surface area contributed by atoms with Crippen LogP contribution in [0.5, 0.6) is 0 Å². The molecule has 0 bridgehead atoms. The molecule has 1 saturated heterocycles. The van der Waals surface area contributed by atoms with Gasteiger partial charge in [-0.05, 0) is 44.4 Å². The van der Waals surface area contributed by atoms with Crippen molar-refractivity contribution in [1.82, 2.24) is 29.7 Å². The van der Waals surface area contributed by atoms with Crippen LogP contribution >= 0.6 is 8.25 Å². The molecule has 1 saturated carbocycles. The van der Waals surface area contributed by atoms with Crippen molar-refractivity contribution < 1.29 is 42.9 Å². The largest absolute Gasteiger partial charge is 0.695 e. The molecule has 0 spiro atoms. The number of ether oxygens (including phenoxy) is 2. The molecule has 5 N–H and O–H groups in total. The monoisotopic (exact) mass is 648 g/mol. The van der Waals surface area contributed by atoms with Gasteiger partial charge in [0.05, 0.1) is 12.9 Å². The molecular weight excluding hydrogens is 609 g/mol. The normalized spacial score (nSPS) is 27.1. The van der Waals surface area contributed by atoms with Crippen LogP contribution in [0.2, 0.25) is 0 Å². The zero-order valence-corrected chi connectivity index (χ0v) is 25.7. The van der Waals surface area contributed by atoms with Crippen LogP contribution in [0, 0.1) is 11.8 Å². The van der Waals surface area contributed by atoms with Crippen LogP contribution in [-0.4, -0.2) is 96.8 Å². The van der Waals surface area contributed by atoms with E-state index in [-0.39, 0.29) is 35.4 Å². The molecule has 3 aliphatic rings. The van der Waals surface area contributed by atoms with E-state index in [1.54, 1.807) is 4.57 Å². The van der Waals surface area contributed by atoms with Crippen LogP contribution < -0.4 is 11.1 Å². The molecular formula is C28H39N7O9P+. The number of anilines is 1. The van der Waals surface area contributed by atoms with Gasteiger partial charge in [0.25, 0.3) is 11.8 Å². The number of nitrogens with one attached hydrogen (secondary N) is 1. The molecule has 4 heterocycles. The van der Waals surface area contributed by atoms with E-state index in [4.69, 9.17) is 19.7 Å². The van der Waals surface area contributed by atoms with Gasteiger partial charge in [0, 0.05) is 42.3 Å². The van der Waals surface area contributed by atoms with E-state index in [1.807, 2.05) is 0 Å². The number of aliphatic hydroxyl groups excluding tert-OH is 1. The molecule has 45 heavy (non-hydrogen) atoms. The Morgan fingerprint density at radius 1 is 1.07 bits per heavy atom. The summed E-state index contributed by atoms with van der Waals surface area (Å²) < 4.78 is 30.4. The Morgan fingerprint density at radius 2 is 1.80 bits per heavy atom. The zero-order chi connectivity index (χ0) is 31.9. The van der Waals surface area contributed by atoms with E-state index in [0.29, 0.717) is 37.3 Å². The number of carbonyl (C=O) groups excluding carboxylic acids is 3. The van der Waals surface area contributed by atoms with Gasteiger partial charge in [-0.1, -0.05) is 12.8 Å². The molecule has 1 aliphatic carbocycles. The number of amides is 3. The second-order valence-electron chi connectivity index (χ2n) is 11.5. The lowest BCUT2D eigenvalue weighted by Crippen LogP contribution is -2.38. The van der Waals surface area contributed by atoms with Crippen LogP contribution in [0.1, 0.15) is 57.6 Å². The number of aliphatic hydroxyl groups is 1. The van der Waals surface area contributed by atoms with Crippen molar-refractivity contribution >= 4 is 43.0 Å². The van der Waals surface area contributed by atoms with Crippen molar-refractivity contribution in [3.05, 3.63) is 24.8 Å². The maximum atomic E-state index is 12.7. The fourth-order valence-corrected chi connectivity index (χ4v) is 6.64. The minimum atomic E-state index is -2.99. The van der Waals surface area contributed by atoms with E-state index in [2.05, 4.69) is 20.3 Å². The molecule has 5 atom stereocenters. The van der Waals surface area contributed by atoms with Crippen molar-refractivity contribution in [3.8, 4) is 0 Å². The van der Waals surface area contributed by atoms with Crippen molar-refractivity contribution in [2.75, 3.05) is 32.0 Å². The summed E-state index contributed by atoms with van der Waals surface area (Å²) in [5.41, 5.74) is 6.66. The Labute approximate surface area is 260 Å². The van der Waals surface area contributed by atoms with E-state index in [1.165, 1.54) is 29.7 Å². The highest BCUT2D eigenvalue weighted by molar-refractivity contribution is 7.32. The minimum Gasteiger partial charge on any atom is -0.394 e. The topological polar surface area (TPSA) is 221 Å². The molecule has 5 rings (SSSR count). The van der Waals surface area contributed by atoms with Gasteiger partial charge in [0.1, 0.15) is 24.1 Å². The molecule has 2 unspecified atom stereocenters. The highest BCUT2D eigenvalue weighted by Crippen LogP contribution is 2.39. The van der Waals surface area contributed by atoms with Crippen molar-refractivity contribution in [2.24, 2.45) is 11.8 Å². The van der Waals surface area contributed by atoms with Gasteiger partial charge >= 0.3 is 8.25 Å². The number of carbonyl (C=O) groups is 3. The van der Waals surface area contributed by atoms with Crippen molar-refractivity contribution in [1.29, 1.82) is 0 Å². The first kappa shape index (κ1) is 33.0. The van der Waals surface area contributed by atoms with Gasteiger partial charge in [0.15, 0.2) is 23.8 Å². The maximum absolute atomic E-state index is 12.7. The second-order valence-corrected chi connectivity index (χ2v) is 12.2. The third-order valence-electron chi connectivity index (χ3n) is 8.58. The Hall–Kier alpha value is -3.40. The van der Waals surface area contributed by atoms with E-state index < -0.39 is 39.4 Å². The van der Waals surface area contributed by atoms with Gasteiger partial charge in [-0.25, -0.2) is 15.0 Å². The number of hydrogen-bond donors (Lipinski definition) is 4. The third kappa shape index (κ3) is 7.88. The molecule has 244 valence electrons. The molecule has 3 amide bonds. The SMILES string of the molecule is Nc1ncnc2c1ncn2[C@@H]1O[C@H](CO)C(O[P+](=O)O)[C@@H]1OCCCCCCNC(=O)C1CCC(CN2C(=O)C=CC2=O)CC1. The summed E-state index contributed by atoms with van der Waals surface area (Å²) in [7, 11) is -2.99. The lowest BCUT2D eigenvalue weighted by Gasteiger charge is -2.30. The van der Waals surface area contributed by atoms with Gasteiger partial charge in [-0.3, -0.25) is 23.9 Å². The van der Waals surface area contributed by atoms with E-state index in [0.717, 1.165) is 44.9 Å². The smallest absolute Gasteiger partial charge is 0.394 e. The summed E-state index contributed by atoms with van der Waals surface area (Å²) in [5, 5.41) is 12.9. The second kappa shape index (κ2) is 15.3. The number of imide groups is 1. The van der Waals surface area contributed by atoms with Gasteiger partial charge in [0.2, 0.25) is 5.91 Å². The van der Waals surface area contributed by atoms with Gasteiger partial charge in [-0.15, -0.1) is 9.42 Å². The Kier molecular flexibility index (Phi) is 11.2. The summed E-state index contributed by atoms with van der Waals surface area (Å²) >= 11 is 0. The Balaban J connectivity index is 1.02. The van der Waals surface area contributed by atoms with Gasteiger partial charge < -0.3 is 25.6 Å². The van der Waals surface area contributed by atoms with Crippen molar-refractivity contribution in [2.45, 2.75) is 75.9 Å². The molecule has 2 aromatic rings. The van der Waals surface area contributed by atoms with E-state index >= 15 is 0 Å². The van der Waals surface area contributed by atoms with Crippen LogP contribution in [0.4, 0.5) is 5.82 Å². The van der Waals surface area contributed by atoms with Crippen LogP contribution in [0.3, 0.4) is 0 Å². The van der Waals surface area contributed by atoms with Crippen LogP contribution in [0.15, 0.2) is 24.8 Å². The zero-order valence-electron chi connectivity index (χ0n) is 24.8. The summed E-state index contributed by atoms with van der Waals surface area (Å²) in [4.78, 5) is 59.4. The standard InChI is InChI=1S/C28H38N7O9P/c29-25-22-26(32-15-31-25)35(16-33-22)28-24(23(44-45(40)41)19(14-36)43-28)42-12-4-2-1-3-11-30-27(39)18-7-5-17(6-8-18)13-34-20(37)9-10-21(34)38/h9-10,15-19,23-24,28,36H,1-8,11-14H2,(H3-,29,30,31,32,39,40,41)/p+1/t17?,18?,19-,23?,24+,28-/m1/s1. The molecule has 2 fully saturated rings. The highest BCUT2D eigenvalue weighted by Gasteiger charge is 2.51. The summed E-state index contributed by atoms with van der Waals surface area (Å²) in [6.45, 7) is 0.823. The molecule has 17 heteroatoms. The predicted octanol–water partition coefficient (Wildman–Crippen LogP) is 1.13. The lowest BCUT2D eigenvalue weighted by atomic mass is 9.81. The van der Waals surface area contributed by atoms with Crippen LogP contribution in [0.25, 0.3) is 11.2 Å². The number of imidazole rings is 1. The molecule has 2 aliphatic heterocycles. The average Bonchev–Trinajstić information content (AvgIpc) is 3.70. The number of nitrogens with two attached hydrogens (primary N) is 1. The fraction of sp³-hybridized carbons (Fsp3) is 0.643. The number of nitrogens with zero attached hydrogens (tertiary/aromatic N) is 5. The summed E-state index contributed by atoms with van der Waals surface area (Å²) in [6.07, 6.45) is 7.97. The van der Waals surface area contributed by atoms with Crippen molar-refractivity contribution in [3.63, 3.8) is 0 Å². The predicted molar refractivity (Wildman–Crippen MR) is 158 cm³/mol. The number of fused-ring (bicyclic) bond motifs is 1. The fourth-order valence-electron chi connectivity index (χ4n) is 6.18. The quantitative estimate of drug-likeness (QED) is 0.121. The summed E-state index contributed by atoms with van der Waals surface area (Å²) in [6, 6.07) is 0. The molecule has 0 radical (unpaired) electrons. The number of rotatable bonds is 15. The first-order valence-electron chi connectivity index (χ1n) is 15.2. The number of nitrogen functional groups attached to an aromatic ring is 1. The molecule has 2 aromatic heterocycles. The van der Waals surface area contributed by atoms with Crippen LogP contribution in [-0.2, 0) is 32.9 Å². The van der Waals surface area contributed by atoms with Gasteiger partial charge in [-0.2, -0.15) is 0 Å². The Morgan fingerprint density at radius 3 is 2.51 bits per heavy atom. The minimum absolute atomic E-state index is 0.0461. The summed E-state index contributed by atoms with van der Waals surface area (Å²) in [5.74, 6) is -0.120. The van der Waals surface area contributed by atoms with E-state index in [9.17, 15) is 28.9 Å². The highest BCUT2D eigenvalue weighted by atomic mass is 31.1. The molecule has 0 aromatic carbocycles.